The zero-order chi connectivity index (χ0) is 18.0. The number of amides is 1. The molecule has 0 spiro atoms. The van der Waals surface area contributed by atoms with Gasteiger partial charge in [-0.2, -0.15) is 0 Å². The average molecular weight is 342 g/mol. The van der Waals surface area contributed by atoms with Gasteiger partial charge in [0.05, 0.1) is 12.1 Å². The lowest BCUT2D eigenvalue weighted by molar-refractivity contribution is 0.0763. The lowest BCUT2D eigenvalue weighted by Gasteiger charge is -2.25. The number of likely N-dealkylation sites (tertiary alicyclic amines) is 2. The second-order valence-corrected chi connectivity index (χ2v) is 7.47. The molecule has 0 aromatic heterocycles. The van der Waals surface area contributed by atoms with Crippen LogP contribution in [0.25, 0.3) is 0 Å². The minimum Gasteiger partial charge on any atom is -0.390 e. The van der Waals surface area contributed by atoms with E-state index in [1.54, 1.807) is 43.0 Å². The Kier molecular flexibility index (Phi) is 5.14. The fourth-order valence-corrected chi connectivity index (χ4v) is 3.47. The van der Waals surface area contributed by atoms with Gasteiger partial charge >= 0.3 is 0 Å². The fourth-order valence-electron chi connectivity index (χ4n) is 3.47. The first-order valence-corrected chi connectivity index (χ1v) is 8.90. The van der Waals surface area contributed by atoms with Crippen molar-refractivity contribution in [2.75, 3.05) is 26.2 Å². The summed E-state index contributed by atoms with van der Waals surface area (Å²) in [5.41, 5.74) is 0.322. The Balaban J connectivity index is 1.66. The number of nitrogens with zero attached hydrogens (tertiary/aromatic N) is 2. The quantitative estimate of drug-likeness (QED) is 0.790. The third-order valence-corrected chi connectivity index (χ3v) is 4.80. The normalized spacial score (nSPS) is 24.2. The van der Waals surface area contributed by atoms with Gasteiger partial charge in [-0.05, 0) is 64.0 Å². The SMILES string of the molecule is CC(C)(O)C#Cc1ccc(C(=O)N2C[C@@H](O)[C@H](N3CCCC3)C2)cc1. The number of aliphatic hydroxyl groups excluding tert-OH is 1. The van der Waals surface area contributed by atoms with E-state index in [1.807, 2.05) is 0 Å². The summed E-state index contributed by atoms with van der Waals surface area (Å²) in [6.45, 7) is 6.26. The molecule has 2 heterocycles. The first-order chi connectivity index (χ1) is 11.8. The Morgan fingerprint density at radius 2 is 1.80 bits per heavy atom. The van der Waals surface area contributed by atoms with Crippen LogP contribution in [0.15, 0.2) is 24.3 Å². The second-order valence-electron chi connectivity index (χ2n) is 7.47. The van der Waals surface area contributed by atoms with Crippen LogP contribution in [0.3, 0.4) is 0 Å². The zero-order valence-electron chi connectivity index (χ0n) is 14.9. The van der Waals surface area contributed by atoms with E-state index in [1.165, 1.54) is 12.8 Å². The standard InChI is InChI=1S/C20H26N2O3/c1-20(2,25)10-9-15-5-7-16(8-6-15)19(24)22-13-17(18(23)14-22)21-11-3-4-12-21/h5-8,17-18,23,25H,3-4,11-14H2,1-2H3/t17-,18-/m1/s1. The molecule has 0 saturated carbocycles. The van der Waals surface area contributed by atoms with Crippen LogP contribution in [0.5, 0.6) is 0 Å². The van der Waals surface area contributed by atoms with Gasteiger partial charge in [-0.25, -0.2) is 0 Å². The smallest absolute Gasteiger partial charge is 0.253 e. The second kappa shape index (κ2) is 7.17. The van der Waals surface area contributed by atoms with Crippen LogP contribution in [0.2, 0.25) is 0 Å². The maximum atomic E-state index is 12.7. The number of rotatable bonds is 2. The number of hydrogen-bond donors (Lipinski definition) is 2. The summed E-state index contributed by atoms with van der Waals surface area (Å²) in [5.74, 6) is 5.60. The Labute approximate surface area is 149 Å². The monoisotopic (exact) mass is 342 g/mol. The molecule has 134 valence electrons. The van der Waals surface area contributed by atoms with E-state index in [2.05, 4.69) is 16.7 Å². The highest BCUT2D eigenvalue weighted by Crippen LogP contribution is 2.22. The first-order valence-electron chi connectivity index (χ1n) is 8.90. The molecule has 0 unspecified atom stereocenters. The van der Waals surface area contributed by atoms with E-state index >= 15 is 0 Å². The number of hydrogen-bond acceptors (Lipinski definition) is 4. The third kappa shape index (κ3) is 4.40. The van der Waals surface area contributed by atoms with Crippen LogP contribution in [0.4, 0.5) is 0 Å². The zero-order valence-corrected chi connectivity index (χ0v) is 14.9. The molecule has 0 radical (unpaired) electrons. The minimum atomic E-state index is -1.04. The van der Waals surface area contributed by atoms with Crippen LogP contribution in [-0.4, -0.2) is 69.8 Å². The summed E-state index contributed by atoms with van der Waals surface area (Å²) in [7, 11) is 0. The molecule has 2 aliphatic rings. The van der Waals surface area contributed by atoms with E-state index in [0.29, 0.717) is 18.7 Å². The van der Waals surface area contributed by atoms with Crippen LogP contribution < -0.4 is 0 Å². The molecule has 2 atom stereocenters. The van der Waals surface area contributed by atoms with Gasteiger partial charge in [0.15, 0.2) is 0 Å². The minimum absolute atomic E-state index is 0.0530. The average Bonchev–Trinajstić information content (AvgIpc) is 3.21. The summed E-state index contributed by atoms with van der Waals surface area (Å²) in [6.07, 6.45) is 1.87. The number of β-amino-alcohol motifs (C(OH)–C–C–N with tert-alkyl or cyclic N) is 1. The van der Waals surface area contributed by atoms with Crippen molar-refractivity contribution >= 4 is 5.91 Å². The molecule has 3 rings (SSSR count). The molecule has 1 aromatic rings. The summed E-state index contributed by atoms with van der Waals surface area (Å²) in [4.78, 5) is 16.7. The van der Waals surface area contributed by atoms with Crippen molar-refractivity contribution in [2.24, 2.45) is 0 Å². The first kappa shape index (κ1) is 17.9. The van der Waals surface area contributed by atoms with E-state index in [9.17, 15) is 15.0 Å². The van der Waals surface area contributed by atoms with Crippen molar-refractivity contribution in [3.05, 3.63) is 35.4 Å². The Morgan fingerprint density at radius 1 is 1.16 bits per heavy atom. The van der Waals surface area contributed by atoms with Crippen LogP contribution in [0.1, 0.15) is 42.6 Å². The molecule has 1 amide bonds. The molecular formula is C20H26N2O3. The maximum Gasteiger partial charge on any atom is 0.253 e. The van der Waals surface area contributed by atoms with Gasteiger partial charge in [0.2, 0.25) is 0 Å². The van der Waals surface area contributed by atoms with Crippen molar-refractivity contribution in [1.82, 2.24) is 9.80 Å². The largest absolute Gasteiger partial charge is 0.390 e. The van der Waals surface area contributed by atoms with Gasteiger partial charge in [0, 0.05) is 24.2 Å². The summed E-state index contributed by atoms with van der Waals surface area (Å²) in [6, 6.07) is 7.15. The highest BCUT2D eigenvalue weighted by atomic mass is 16.3. The summed E-state index contributed by atoms with van der Waals surface area (Å²) >= 11 is 0. The highest BCUT2D eigenvalue weighted by Gasteiger charge is 2.38. The van der Waals surface area contributed by atoms with Gasteiger partial charge in [-0.3, -0.25) is 9.69 Å². The van der Waals surface area contributed by atoms with E-state index in [-0.39, 0.29) is 11.9 Å². The van der Waals surface area contributed by atoms with Crippen molar-refractivity contribution in [3.63, 3.8) is 0 Å². The molecule has 1 aromatic carbocycles. The lowest BCUT2D eigenvalue weighted by atomic mass is 10.1. The molecule has 5 heteroatoms. The molecule has 2 aliphatic heterocycles. The number of aliphatic hydroxyl groups is 2. The summed E-state index contributed by atoms with van der Waals surface area (Å²) < 4.78 is 0. The Morgan fingerprint density at radius 3 is 2.40 bits per heavy atom. The van der Waals surface area contributed by atoms with Gasteiger partial charge in [-0.1, -0.05) is 11.8 Å². The Bertz CT molecular complexity index is 676. The van der Waals surface area contributed by atoms with Crippen molar-refractivity contribution in [2.45, 2.75) is 44.4 Å². The highest BCUT2D eigenvalue weighted by molar-refractivity contribution is 5.94. The van der Waals surface area contributed by atoms with E-state index in [0.717, 1.165) is 18.7 Å². The number of carbonyl (C=O) groups is 1. The Hall–Kier alpha value is -1.87. The van der Waals surface area contributed by atoms with E-state index in [4.69, 9.17) is 0 Å². The van der Waals surface area contributed by atoms with Crippen LogP contribution in [0, 0.1) is 11.8 Å². The maximum absolute atomic E-state index is 12.7. The third-order valence-electron chi connectivity index (χ3n) is 4.80. The molecule has 5 nitrogen and oxygen atoms in total. The summed E-state index contributed by atoms with van der Waals surface area (Å²) in [5, 5.41) is 20.0. The number of carbonyl (C=O) groups excluding carboxylic acids is 1. The number of benzene rings is 1. The molecule has 2 saturated heterocycles. The van der Waals surface area contributed by atoms with Gasteiger partial charge in [-0.15, -0.1) is 0 Å². The molecule has 2 N–H and O–H groups in total. The van der Waals surface area contributed by atoms with Crippen molar-refractivity contribution < 1.29 is 15.0 Å². The van der Waals surface area contributed by atoms with E-state index < -0.39 is 11.7 Å². The van der Waals surface area contributed by atoms with Gasteiger partial charge < -0.3 is 15.1 Å². The van der Waals surface area contributed by atoms with Gasteiger partial charge in [0.25, 0.3) is 5.91 Å². The van der Waals surface area contributed by atoms with Crippen LogP contribution in [-0.2, 0) is 0 Å². The molecular weight excluding hydrogens is 316 g/mol. The topological polar surface area (TPSA) is 64.0 Å². The molecule has 25 heavy (non-hydrogen) atoms. The molecule has 0 aliphatic carbocycles. The van der Waals surface area contributed by atoms with Crippen LogP contribution >= 0.6 is 0 Å². The lowest BCUT2D eigenvalue weighted by Crippen LogP contribution is -2.41. The predicted molar refractivity (Wildman–Crippen MR) is 96.1 cm³/mol. The van der Waals surface area contributed by atoms with Crippen molar-refractivity contribution in [3.8, 4) is 11.8 Å². The predicted octanol–water partition coefficient (Wildman–Crippen LogP) is 1.09. The van der Waals surface area contributed by atoms with Gasteiger partial charge in [0.1, 0.15) is 5.60 Å². The molecule has 2 fully saturated rings. The fraction of sp³-hybridized carbons (Fsp3) is 0.550. The molecule has 0 bridgehead atoms. The van der Waals surface area contributed by atoms with Crippen molar-refractivity contribution in [1.29, 1.82) is 0 Å².